The summed E-state index contributed by atoms with van der Waals surface area (Å²) >= 11 is 0. The van der Waals surface area contributed by atoms with Gasteiger partial charge in [0.1, 0.15) is 0 Å². The Labute approximate surface area is 86.4 Å². The van der Waals surface area contributed by atoms with Gasteiger partial charge in [0.25, 0.3) is 5.56 Å². The first-order chi connectivity index (χ1) is 7.26. The van der Waals surface area contributed by atoms with Gasteiger partial charge in [-0.05, 0) is 25.1 Å². The van der Waals surface area contributed by atoms with E-state index in [1.165, 1.54) is 4.68 Å². The standard InChI is InChI=1S/C11H9N3O/c1-2-14-11(15)10-4-3-8(6-12)5-9(10)7-13-14/h3-5,7H,2H2,1H3. The lowest BCUT2D eigenvalue weighted by atomic mass is 10.1. The molecule has 4 nitrogen and oxygen atoms in total. The zero-order valence-corrected chi connectivity index (χ0v) is 8.27. The number of aromatic nitrogens is 2. The van der Waals surface area contributed by atoms with Crippen LogP contribution in [0.1, 0.15) is 12.5 Å². The van der Waals surface area contributed by atoms with Crippen LogP contribution in [-0.4, -0.2) is 9.78 Å². The molecule has 0 aliphatic heterocycles. The first-order valence-corrected chi connectivity index (χ1v) is 4.66. The molecule has 0 bridgehead atoms. The van der Waals surface area contributed by atoms with E-state index in [1.54, 1.807) is 24.4 Å². The average Bonchev–Trinajstić information content (AvgIpc) is 2.29. The van der Waals surface area contributed by atoms with Gasteiger partial charge < -0.3 is 0 Å². The Bertz CT molecular complexity index is 607. The Balaban J connectivity index is 2.81. The predicted molar refractivity (Wildman–Crippen MR) is 56.4 cm³/mol. The number of nitrogens with zero attached hydrogens (tertiary/aromatic N) is 3. The molecule has 1 aromatic carbocycles. The number of benzene rings is 1. The van der Waals surface area contributed by atoms with E-state index in [0.29, 0.717) is 22.9 Å². The second-order valence-corrected chi connectivity index (χ2v) is 3.18. The largest absolute Gasteiger partial charge is 0.274 e. The van der Waals surface area contributed by atoms with E-state index >= 15 is 0 Å². The van der Waals surface area contributed by atoms with Crippen LogP contribution in [0, 0.1) is 11.3 Å². The van der Waals surface area contributed by atoms with Crippen LogP contribution in [0.5, 0.6) is 0 Å². The van der Waals surface area contributed by atoms with Gasteiger partial charge in [-0.25, -0.2) is 4.68 Å². The molecule has 0 unspecified atom stereocenters. The monoisotopic (exact) mass is 199 g/mol. The fourth-order valence-corrected chi connectivity index (χ4v) is 1.48. The smallest absolute Gasteiger partial charge is 0.267 e. The minimum Gasteiger partial charge on any atom is -0.267 e. The number of nitriles is 1. The first kappa shape index (κ1) is 9.41. The van der Waals surface area contributed by atoms with Crippen LogP contribution in [0.3, 0.4) is 0 Å². The van der Waals surface area contributed by atoms with Crippen LogP contribution in [0.15, 0.2) is 29.2 Å². The molecule has 2 aromatic rings. The molecule has 0 saturated carbocycles. The maximum absolute atomic E-state index is 11.8. The highest BCUT2D eigenvalue weighted by atomic mass is 16.1. The number of hydrogen-bond acceptors (Lipinski definition) is 3. The van der Waals surface area contributed by atoms with E-state index < -0.39 is 0 Å². The van der Waals surface area contributed by atoms with Gasteiger partial charge in [-0.2, -0.15) is 10.4 Å². The van der Waals surface area contributed by atoms with Gasteiger partial charge in [0.2, 0.25) is 0 Å². The van der Waals surface area contributed by atoms with E-state index in [-0.39, 0.29) is 5.56 Å². The van der Waals surface area contributed by atoms with Crippen molar-refractivity contribution >= 4 is 10.8 Å². The minimum absolute atomic E-state index is 0.112. The molecule has 0 amide bonds. The number of rotatable bonds is 1. The van der Waals surface area contributed by atoms with Crippen LogP contribution in [0.2, 0.25) is 0 Å². The molecule has 15 heavy (non-hydrogen) atoms. The SMILES string of the molecule is CCn1ncc2cc(C#N)ccc2c1=O. The van der Waals surface area contributed by atoms with Crippen LogP contribution in [0.4, 0.5) is 0 Å². The van der Waals surface area contributed by atoms with Gasteiger partial charge in [-0.3, -0.25) is 4.79 Å². The third-order valence-corrected chi connectivity index (χ3v) is 2.28. The highest BCUT2D eigenvalue weighted by Gasteiger charge is 2.02. The normalized spacial score (nSPS) is 10.1. The summed E-state index contributed by atoms with van der Waals surface area (Å²) in [6.45, 7) is 2.42. The molecule has 0 N–H and O–H groups in total. The van der Waals surface area contributed by atoms with E-state index in [0.717, 1.165) is 0 Å². The van der Waals surface area contributed by atoms with Gasteiger partial charge in [0.05, 0.1) is 23.2 Å². The summed E-state index contributed by atoms with van der Waals surface area (Å²) in [5, 5.41) is 14.0. The highest BCUT2D eigenvalue weighted by molar-refractivity contribution is 5.81. The van der Waals surface area contributed by atoms with Crippen molar-refractivity contribution in [3.63, 3.8) is 0 Å². The summed E-state index contributed by atoms with van der Waals surface area (Å²) in [5.74, 6) is 0. The lowest BCUT2D eigenvalue weighted by Gasteiger charge is -2.02. The summed E-state index contributed by atoms with van der Waals surface area (Å²) in [6, 6.07) is 7.01. The highest BCUT2D eigenvalue weighted by Crippen LogP contribution is 2.10. The van der Waals surface area contributed by atoms with Crippen molar-refractivity contribution in [3.05, 3.63) is 40.3 Å². The van der Waals surface area contributed by atoms with E-state index in [9.17, 15) is 4.79 Å². The number of fused-ring (bicyclic) bond motifs is 1. The first-order valence-electron chi connectivity index (χ1n) is 4.66. The van der Waals surface area contributed by atoms with Gasteiger partial charge in [0, 0.05) is 11.9 Å². The fourth-order valence-electron chi connectivity index (χ4n) is 1.48. The van der Waals surface area contributed by atoms with Crippen molar-refractivity contribution in [3.8, 4) is 6.07 Å². The summed E-state index contributed by atoms with van der Waals surface area (Å²) < 4.78 is 1.40. The van der Waals surface area contributed by atoms with Crippen molar-refractivity contribution in [2.75, 3.05) is 0 Å². The Morgan fingerprint density at radius 2 is 2.33 bits per heavy atom. The van der Waals surface area contributed by atoms with Crippen LogP contribution < -0.4 is 5.56 Å². The summed E-state index contributed by atoms with van der Waals surface area (Å²) in [4.78, 5) is 11.8. The quantitative estimate of drug-likeness (QED) is 0.695. The van der Waals surface area contributed by atoms with Crippen molar-refractivity contribution < 1.29 is 0 Å². The zero-order chi connectivity index (χ0) is 10.8. The molecule has 0 atom stereocenters. The van der Waals surface area contributed by atoms with Crippen LogP contribution >= 0.6 is 0 Å². The van der Waals surface area contributed by atoms with E-state index in [1.807, 2.05) is 13.0 Å². The topological polar surface area (TPSA) is 58.7 Å². The number of hydrogen-bond donors (Lipinski definition) is 0. The maximum atomic E-state index is 11.8. The van der Waals surface area contributed by atoms with E-state index in [2.05, 4.69) is 5.10 Å². The molecule has 1 aromatic heterocycles. The maximum Gasteiger partial charge on any atom is 0.274 e. The molecular weight excluding hydrogens is 190 g/mol. The second kappa shape index (κ2) is 3.54. The minimum atomic E-state index is -0.112. The van der Waals surface area contributed by atoms with Crippen molar-refractivity contribution in [2.24, 2.45) is 0 Å². The summed E-state index contributed by atoms with van der Waals surface area (Å²) in [5.41, 5.74) is 0.428. The molecule has 0 fully saturated rings. The van der Waals surface area contributed by atoms with Crippen LogP contribution in [-0.2, 0) is 6.54 Å². The molecule has 74 valence electrons. The molecule has 0 radical (unpaired) electrons. The molecular formula is C11H9N3O. The number of aryl methyl sites for hydroxylation is 1. The summed E-state index contributed by atoms with van der Waals surface area (Å²) in [7, 11) is 0. The van der Waals surface area contributed by atoms with Gasteiger partial charge in [0.15, 0.2) is 0 Å². The molecule has 1 heterocycles. The zero-order valence-electron chi connectivity index (χ0n) is 8.27. The average molecular weight is 199 g/mol. The second-order valence-electron chi connectivity index (χ2n) is 3.18. The Morgan fingerprint density at radius 1 is 1.53 bits per heavy atom. The molecule has 2 rings (SSSR count). The van der Waals surface area contributed by atoms with Crippen molar-refractivity contribution in [1.29, 1.82) is 5.26 Å². The van der Waals surface area contributed by atoms with Crippen molar-refractivity contribution in [1.82, 2.24) is 9.78 Å². The third kappa shape index (κ3) is 1.48. The van der Waals surface area contributed by atoms with Gasteiger partial charge in [-0.15, -0.1) is 0 Å². The van der Waals surface area contributed by atoms with Crippen molar-refractivity contribution in [2.45, 2.75) is 13.5 Å². The van der Waals surface area contributed by atoms with Crippen LogP contribution in [0.25, 0.3) is 10.8 Å². The Hall–Kier alpha value is -2.15. The van der Waals surface area contributed by atoms with Gasteiger partial charge in [-0.1, -0.05) is 0 Å². The fraction of sp³-hybridized carbons (Fsp3) is 0.182. The molecule has 4 heteroatoms. The lowest BCUT2D eigenvalue weighted by molar-refractivity contribution is 0.623. The molecule has 0 spiro atoms. The van der Waals surface area contributed by atoms with Gasteiger partial charge >= 0.3 is 0 Å². The predicted octanol–water partition coefficient (Wildman–Crippen LogP) is 1.29. The Morgan fingerprint density at radius 3 is 3.00 bits per heavy atom. The molecule has 0 aliphatic rings. The molecule has 0 aliphatic carbocycles. The third-order valence-electron chi connectivity index (χ3n) is 2.28. The summed E-state index contributed by atoms with van der Waals surface area (Å²) in [6.07, 6.45) is 1.61. The molecule has 0 saturated heterocycles. The Kier molecular flexibility index (Phi) is 2.22. The lowest BCUT2D eigenvalue weighted by Crippen LogP contribution is -2.21. The van der Waals surface area contributed by atoms with E-state index in [4.69, 9.17) is 5.26 Å².